The van der Waals surface area contributed by atoms with Gasteiger partial charge in [0.15, 0.2) is 0 Å². The lowest BCUT2D eigenvalue weighted by molar-refractivity contribution is 0.0696. The van der Waals surface area contributed by atoms with Gasteiger partial charge in [0.05, 0.1) is 16.1 Å². The number of carboxylic acid groups (broad SMARTS) is 1. The van der Waals surface area contributed by atoms with Gasteiger partial charge in [-0.05, 0) is 77.4 Å². The third-order valence-electron chi connectivity index (χ3n) is 3.42. The Hall–Kier alpha value is -1.61. The van der Waals surface area contributed by atoms with E-state index in [-0.39, 0.29) is 10.5 Å². The Kier molecular flexibility index (Phi) is 5.30. The fourth-order valence-corrected chi connectivity index (χ4v) is 4.29. The van der Waals surface area contributed by atoms with Crippen LogP contribution in [0.15, 0.2) is 41.3 Å². The summed E-state index contributed by atoms with van der Waals surface area (Å²) in [5.41, 5.74) is 1.80. The Morgan fingerprint density at radius 1 is 1.22 bits per heavy atom. The third kappa shape index (κ3) is 4.03. The summed E-state index contributed by atoms with van der Waals surface area (Å²) in [7, 11) is -3.86. The maximum Gasteiger partial charge on any atom is 0.335 e. The summed E-state index contributed by atoms with van der Waals surface area (Å²) >= 11 is 2.15. The molecular weight excluding hydrogens is 429 g/mol. The Morgan fingerprint density at radius 2 is 1.91 bits per heavy atom. The molecule has 2 aromatic carbocycles. The second-order valence-electron chi connectivity index (χ2n) is 5.05. The molecule has 0 atom stereocenters. The van der Waals surface area contributed by atoms with Gasteiger partial charge in [-0.3, -0.25) is 4.72 Å². The summed E-state index contributed by atoms with van der Waals surface area (Å²) < 4.78 is 28.9. The van der Waals surface area contributed by atoms with Crippen molar-refractivity contribution < 1.29 is 18.3 Å². The molecule has 122 valence electrons. The van der Waals surface area contributed by atoms with Crippen molar-refractivity contribution >= 4 is 44.3 Å². The molecular formula is C16H16INO4S. The van der Waals surface area contributed by atoms with Crippen LogP contribution in [-0.2, 0) is 16.4 Å². The van der Waals surface area contributed by atoms with E-state index < -0.39 is 16.0 Å². The summed E-state index contributed by atoms with van der Waals surface area (Å²) in [5.74, 6) is -1.16. The first-order valence-electron chi connectivity index (χ1n) is 6.90. The third-order valence-corrected chi connectivity index (χ3v) is 5.54. The van der Waals surface area contributed by atoms with Crippen LogP contribution in [-0.4, -0.2) is 19.5 Å². The van der Waals surface area contributed by atoms with Gasteiger partial charge in [0, 0.05) is 3.57 Å². The predicted molar refractivity (Wildman–Crippen MR) is 97.5 cm³/mol. The number of carboxylic acids is 1. The van der Waals surface area contributed by atoms with E-state index in [0.29, 0.717) is 17.7 Å². The number of rotatable bonds is 5. The number of benzene rings is 2. The van der Waals surface area contributed by atoms with E-state index in [1.165, 1.54) is 12.1 Å². The smallest absolute Gasteiger partial charge is 0.335 e. The van der Waals surface area contributed by atoms with Crippen LogP contribution in [0.2, 0.25) is 0 Å². The van der Waals surface area contributed by atoms with Crippen molar-refractivity contribution in [2.45, 2.75) is 25.2 Å². The number of hydrogen-bond donors (Lipinski definition) is 2. The van der Waals surface area contributed by atoms with Gasteiger partial charge in [-0.15, -0.1) is 0 Å². The first kappa shape index (κ1) is 17.7. The molecule has 2 N–H and O–H groups in total. The molecule has 5 nitrogen and oxygen atoms in total. The largest absolute Gasteiger partial charge is 0.478 e. The molecule has 0 fully saturated rings. The highest BCUT2D eigenvalue weighted by Crippen LogP contribution is 2.24. The molecule has 2 aromatic rings. The average molecular weight is 445 g/mol. The Morgan fingerprint density at radius 3 is 2.48 bits per heavy atom. The number of halogens is 1. The first-order chi connectivity index (χ1) is 10.7. The molecule has 7 heteroatoms. The average Bonchev–Trinajstić information content (AvgIpc) is 2.49. The van der Waals surface area contributed by atoms with Gasteiger partial charge in [0.2, 0.25) is 0 Å². The quantitative estimate of drug-likeness (QED) is 0.689. The van der Waals surface area contributed by atoms with Gasteiger partial charge < -0.3 is 5.11 Å². The molecule has 0 aliphatic heterocycles. The van der Waals surface area contributed by atoms with Crippen LogP contribution in [0.4, 0.5) is 5.69 Å². The van der Waals surface area contributed by atoms with Gasteiger partial charge >= 0.3 is 5.97 Å². The summed E-state index contributed by atoms with van der Waals surface area (Å²) in [5, 5.41) is 9.09. The van der Waals surface area contributed by atoms with E-state index >= 15 is 0 Å². The molecule has 2 rings (SSSR count). The van der Waals surface area contributed by atoms with E-state index in [4.69, 9.17) is 5.11 Å². The van der Waals surface area contributed by atoms with Gasteiger partial charge in [0.25, 0.3) is 10.0 Å². The summed E-state index contributed by atoms with van der Waals surface area (Å²) in [6, 6.07) is 9.52. The van der Waals surface area contributed by atoms with Crippen LogP contribution < -0.4 is 4.72 Å². The molecule has 0 unspecified atom stereocenters. The molecule has 0 heterocycles. The first-order valence-corrected chi connectivity index (χ1v) is 9.46. The Bertz CT molecular complexity index is 862. The summed E-state index contributed by atoms with van der Waals surface area (Å²) in [6.07, 6.45) is 0.488. The molecule has 0 saturated carbocycles. The topological polar surface area (TPSA) is 83.5 Å². The highest BCUT2D eigenvalue weighted by Gasteiger charge is 2.21. The van der Waals surface area contributed by atoms with Crippen molar-refractivity contribution in [3.05, 3.63) is 56.7 Å². The van der Waals surface area contributed by atoms with Crippen molar-refractivity contribution in [1.82, 2.24) is 0 Å². The number of aromatic carboxylic acids is 1. The molecule has 23 heavy (non-hydrogen) atoms. The van der Waals surface area contributed by atoms with E-state index in [1.807, 2.05) is 19.9 Å². The van der Waals surface area contributed by atoms with Gasteiger partial charge in [-0.1, -0.05) is 13.0 Å². The highest BCUT2D eigenvalue weighted by atomic mass is 127. The Balaban J connectivity index is 2.50. The SMILES string of the molecule is CCc1ccc(C(=O)O)cc1S(=O)(=O)Nc1ccc(I)cc1C. The lowest BCUT2D eigenvalue weighted by Crippen LogP contribution is -2.16. The molecule has 0 aromatic heterocycles. The maximum atomic E-state index is 12.7. The van der Waals surface area contributed by atoms with E-state index in [1.54, 1.807) is 18.2 Å². The number of anilines is 1. The summed E-state index contributed by atoms with van der Waals surface area (Å²) in [6.45, 7) is 3.64. The molecule has 0 spiro atoms. The number of aryl methyl sites for hydroxylation is 2. The fraction of sp³-hybridized carbons (Fsp3) is 0.188. The predicted octanol–water partition coefficient (Wildman–Crippen LogP) is 3.66. The lowest BCUT2D eigenvalue weighted by Gasteiger charge is -2.14. The van der Waals surface area contributed by atoms with Crippen LogP contribution in [0, 0.1) is 10.5 Å². The molecule has 0 aliphatic carbocycles. The monoisotopic (exact) mass is 445 g/mol. The van der Waals surface area contributed by atoms with E-state index in [0.717, 1.165) is 9.13 Å². The number of carbonyl (C=O) groups is 1. The highest BCUT2D eigenvalue weighted by molar-refractivity contribution is 14.1. The van der Waals surface area contributed by atoms with Crippen molar-refractivity contribution in [2.24, 2.45) is 0 Å². The number of sulfonamides is 1. The minimum atomic E-state index is -3.86. The molecule has 0 aliphatic rings. The van der Waals surface area contributed by atoms with Crippen molar-refractivity contribution in [3.63, 3.8) is 0 Å². The van der Waals surface area contributed by atoms with Crippen molar-refractivity contribution in [3.8, 4) is 0 Å². The minimum Gasteiger partial charge on any atom is -0.478 e. The van der Waals surface area contributed by atoms with Crippen LogP contribution in [0.25, 0.3) is 0 Å². The molecule has 0 saturated heterocycles. The van der Waals surface area contributed by atoms with Crippen LogP contribution >= 0.6 is 22.6 Å². The standard InChI is InChI=1S/C16H16INO4S/c1-3-11-4-5-12(16(19)20)9-15(11)23(21,22)18-14-7-6-13(17)8-10(14)2/h4-9,18H,3H2,1-2H3,(H,19,20). The Labute approximate surface area is 148 Å². The minimum absolute atomic E-state index is 0.00199. The second-order valence-corrected chi connectivity index (χ2v) is 7.94. The van der Waals surface area contributed by atoms with Crippen molar-refractivity contribution in [2.75, 3.05) is 4.72 Å². The van der Waals surface area contributed by atoms with Crippen LogP contribution in [0.1, 0.15) is 28.4 Å². The van der Waals surface area contributed by atoms with Gasteiger partial charge in [-0.2, -0.15) is 0 Å². The summed E-state index contributed by atoms with van der Waals surface area (Å²) in [4.78, 5) is 11.1. The second kappa shape index (κ2) is 6.88. The lowest BCUT2D eigenvalue weighted by atomic mass is 10.1. The van der Waals surface area contributed by atoms with Crippen LogP contribution in [0.5, 0.6) is 0 Å². The van der Waals surface area contributed by atoms with Gasteiger partial charge in [0.1, 0.15) is 0 Å². The van der Waals surface area contributed by atoms with E-state index in [9.17, 15) is 13.2 Å². The number of hydrogen-bond acceptors (Lipinski definition) is 3. The normalized spacial score (nSPS) is 11.3. The fourth-order valence-electron chi connectivity index (χ4n) is 2.17. The zero-order valence-corrected chi connectivity index (χ0v) is 15.6. The van der Waals surface area contributed by atoms with Gasteiger partial charge in [-0.25, -0.2) is 13.2 Å². The molecule has 0 radical (unpaired) electrons. The maximum absolute atomic E-state index is 12.7. The van der Waals surface area contributed by atoms with E-state index in [2.05, 4.69) is 27.3 Å². The number of nitrogens with one attached hydrogen (secondary N) is 1. The van der Waals surface area contributed by atoms with Crippen molar-refractivity contribution in [1.29, 1.82) is 0 Å². The molecule has 0 bridgehead atoms. The zero-order valence-electron chi connectivity index (χ0n) is 12.6. The molecule has 0 amide bonds. The van der Waals surface area contributed by atoms with Crippen LogP contribution in [0.3, 0.4) is 0 Å². The zero-order chi connectivity index (χ0) is 17.2.